The highest BCUT2D eigenvalue weighted by Gasteiger charge is 2.19. The SMILES string of the molecule is Cc1ccc2nc(NC(=O)CSc3nnc(-c4ccncc4)n3-c3ccccc3Cl)sc2c1. The van der Waals surface area contributed by atoms with Crippen molar-refractivity contribution in [1.82, 2.24) is 24.7 Å². The quantitative estimate of drug-likeness (QED) is 0.309. The highest BCUT2D eigenvalue weighted by molar-refractivity contribution is 7.99. The third-order valence-corrected chi connectivity index (χ3v) is 6.97. The predicted octanol–water partition coefficient (Wildman–Crippen LogP) is 5.63. The summed E-state index contributed by atoms with van der Waals surface area (Å²) in [5.41, 5.74) is 3.61. The molecule has 1 N–H and O–H groups in total. The van der Waals surface area contributed by atoms with Crippen molar-refractivity contribution in [2.45, 2.75) is 12.1 Å². The summed E-state index contributed by atoms with van der Waals surface area (Å²) in [6.07, 6.45) is 3.39. The van der Waals surface area contributed by atoms with E-state index in [2.05, 4.69) is 31.5 Å². The number of pyridine rings is 1. The Bertz CT molecular complexity index is 1450. The number of aromatic nitrogens is 5. The minimum absolute atomic E-state index is 0.147. The van der Waals surface area contributed by atoms with Crippen molar-refractivity contribution in [2.24, 2.45) is 0 Å². The van der Waals surface area contributed by atoms with Crippen LogP contribution in [0.3, 0.4) is 0 Å². The van der Waals surface area contributed by atoms with Gasteiger partial charge < -0.3 is 5.32 Å². The van der Waals surface area contributed by atoms with E-state index in [1.54, 1.807) is 12.4 Å². The van der Waals surface area contributed by atoms with Crippen LogP contribution in [0.2, 0.25) is 5.02 Å². The lowest BCUT2D eigenvalue weighted by Crippen LogP contribution is -2.14. The number of thioether (sulfide) groups is 1. The van der Waals surface area contributed by atoms with Crippen LogP contribution in [0, 0.1) is 6.92 Å². The molecule has 10 heteroatoms. The first kappa shape index (κ1) is 21.6. The first-order chi connectivity index (χ1) is 16.1. The first-order valence-corrected chi connectivity index (χ1v) is 12.2. The van der Waals surface area contributed by atoms with Crippen molar-refractivity contribution >= 4 is 56.0 Å². The van der Waals surface area contributed by atoms with Crippen LogP contribution in [0.1, 0.15) is 5.56 Å². The Morgan fingerprint density at radius 2 is 1.94 bits per heavy atom. The predicted molar refractivity (Wildman–Crippen MR) is 133 cm³/mol. The minimum Gasteiger partial charge on any atom is -0.301 e. The molecule has 0 spiro atoms. The summed E-state index contributed by atoms with van der Waals surface area (Å²) in [7, 11) is 0. The van der Waals surface area contributed by atoms with Gasteiger partial charge in [0.25, 0.3) is 0 Å². The van der Waals surface area contributed by atoms with Gasteiger partial charge in [-0.2, -0.15) is 0 Å². The average Bonchev–Trinajstić information content (AvgIpc) is 3.42. The fourth-order valence-electron chi connectivity index (χ4n) is 3.27. The number of thiazole rings is 1. The lowest BCUT2D eigenvalue weighted by atomic mass is 10.2. The van der Waals surface area contributed by atoms with Crippen molar-refractivity contribution in [1.29, 1.82) is 0 Å². The molecule has 0 aliphatic rings. The van der Waals surface area contributed by atoms with Gasteiger partial charge >= 0.3 is 0 Å². The number of nitrogens with zero attached hydrogens (tertiary/aromatic N) is 5. The van der Waals surface area contributed by atoms with Crippen LogP contribution >= 0.6 is 34.7 Å². The van der Waals surface area contributed by atoms with Gasteiger partial charge in [0.05, 0.1) is 26.7 Å². The fraction of sp³-hybridized carbons (Fsp3) is 0.0870. The highest BCUT2D eigenvalue weighted by Crippen LogP contribution is 2.31. The number of rotatable bonds is 6. The molecule has 164 valence electrons. The third-order valence-electron chi connectivity index (χ3n) is 4.79. The van der Waals surface area contributed by atoms with Crippen LogP contribution in [0.15, 0.2) is 72.1 Å². The molecule has 0 unspecified atom stereocenters. The molecule has 2 aromatic carbocycles. The van der Waals surface area contributed by atoms with Crippen LogP contribution in [-0.4, -0.2) is 36.4 Å². The molecule has 0 saturated heterocycles. The van der Waals surface area contributed by atoms with E-state index in [1.165, 1.54) is 23.1 Å². The molecular formula is C23H17ClN6OS2. The van der Waals surface area contributed by atoms with Crippen LogP contribution in [0.4, 0.5) is 5.13 Å². The molecule has 5 rings (SSSR count). The summed E-state index contributed by atoms with van der Waals surface area (Å²) >= 11 is 9.22. The normalized spacial score (nSPS) is 11.1. The number of aryl methyl sites for hydroxylation is 1. The zero-order valence-electron chi connectivity index (χ0n) is 17.4. The Morgan fingerprint density at radius 1 is 1.12 bits per heavy atom. The van der Waals surface area contributed by atoms with E-state index in [0.717, 1.165) is 27.0 Å². The summed E-state index contributed by atoms with van der Waals surface area (Å²) < 4.78 is 2.90. The number of carbonyl (C=O) groups excluding carboxylic acids is 1. The number of amides is 1. The van der Waals surface area contributed by atoms with Gasteiger partial charge in [-0.05, 0) is 48.9 Å². The van der Waals surface area contributed by atoms with Gasteiger partial charge in [0.1, 0.15) is 0 Å². The molecule has 3 aromatic heterocycles. The Balaban J connectivity index is 1.39. The van der Waals surface area contributed by atoms with Crippen LogP contribution < -0.4 is 5.32 Å². The fourth-order valence-corrected chi connectivity index (χ4v) is 5.22. The molecule has 3 heterocycles. The van der Waals surface area contributed by atoms with Gasteiger partial charge in [-0.1, -0.05) is 52.9 Å². The van der Waals surface area contributed by atoms with E-state index in [9.17, 15) is 4.79 Å². The zero-order chi connectivity index (χ0) is 22.8. The van der Waals surface area contributed by atoms with Crippen molar-refractivity contribution < 1.29 is 4.79 Å². The van der Waals surface area contributed by atoms with E-state index in [1.807, 2.05) is 60.0 Å². The monoisotopic (exact) mass is 492 g/mol. The zero-order valence-corrected chi connectivity index (χ0v) is 19.8. The second-order valence-corrected chi connectivity index (χ2v) is 9.54. The van der Waals surface area contributed by atoms with Crippen LogP contribution in [0.5, 0.6) is 0 Å². The van der Waals surface area contributed by atoms with Gasteiger partial charge in [0.15, 0.2) is 16.1 Å². The Morgan fingerprint density at radius 3 is 2.76 bits per heavy atom. The maximum Gasteiger partial charge on any atom is 0.236 e. The minimum atomic E-state index is -0.171. The number of para-hydroxylation sites is 1. The third kappa shape index (κ3) is 4.61. The van der Waals surface area contributed by atoms with Gasteiger partial charge in [-0.15, -0.1) is 10.2 Å². The van der Waals surface area contributed by atoms with E-state index in [0.29, 0.717) is 21.1 Å². The maximum atomic E-state index is 12.7. The van der Waals surface area contributed by atoms with Crippen molar-refractivity contribution in [3.63, 3.8) is 0 Å². The molecule has 7 nitrogen and oxygen atoms in total. The van der Waals surface area contributed by atoms with E-state index in [4.69, 9.17) is 11.6 Å². The van der Waals surface area contributed by atoms with Gasteiger partial charge in [-0.3, -0.25) is 14.3 Å². The van der Waals surface area contributed by atoms with Gasteiger partial charge in [-0.25, -0.2) is 4.98 Å². The molecule has 5 aromatic rings. The van der Waals surface area contributed by atoms with Gasteiger partial charge in [0, 0.05) is 18.0 Å². The average molecular weight is 493 g/mol. The number of carbonyl (C=O) groups is 1. The standard InChI is InChI=1S/C23H17ClN6OS2/c1-14-6-7-17-19(12-14)33-22(26-17)27-20(31)13-32-23-29-28-21(15-8-10-25-11-9-15)30(23)18-5-3-2-4-16(18)24/h2-12H,13H2,1H3,(H,26,27,31). The summed E-state index contributed by atoms with van der Waals surface area (Å²) in [5.74, 6) is 0.596. The number of benzene rings is 2. The summed E-state index contributed by atoms with van der Waals surface area (Å²) in [4.78, 5) is 21.2. The maximum absolute atomic E-state index is 12.7. The topological polar surface area (TPSA) is 85.6 Å². The number of nitrogens with one attached hydrogen (secondary N) is 1. The first-order valence-electron chi connectivity index (χ1n) is 9.99. The van der Waals surface area contributed by atoms with Crippen molar-refractivity contribution in [2.75, 3.05) is 11.1 Å². The molecule has 0 atom stereocenters. The van der Waals surface area contributed by atoms with Gasteiger partial charge in [0.2, 0.25) is 5.91 Å². The molecule has 33 heavy (non-hydrogen) atoms. The van der Waals surface area contributed by atoms with E-state index < -0.39 is 0 Å². The van der Waals surface area contributed by atoms with Crippen molar-refractivity contribution in [3.05, 3.63) is 77.6 Å². The van der Waals surface area contributed by atoms with Crippen LogP contribution in [0.25, 0.3) is 27.3 Å². The number of hydrogen-bond donors (Lipinski definition) is 1. The molecule has 0 saturated carbocycles. The van der Waals surface area contributed by atoms with Crippen molar-refractivity contribution in [3.8, 4) is 17.1 Å². The smallest absolute Gasteiger partial charge is 0.236 e. The summed E-state index contributed by atoms with van der Waals surface area (Å²) in [6.45, 7) is 2.03. The summed E-state index contributed by atoms with van der Waals surface area (Å²) in [6, 6.07) is 17.2. The highest BCUT2D eigenvalue weighted by atomic mass is 35.5. The molecular weight excluding hydrogens is 476 g/mol. The Kier molecular flexibility index (Phi) is 6.08. The molecule has 1 amide bonds. The van der Waals surface area contributed by atoms with E-state index >= 15 is 0 Å². The Hall–Kier alpha value is -3.27. The lowest BCUT2D eigenvalue weighted by molar-refractivity contribution is -0.113. The lowest BCUT2D eigenvalue weighted by Gasteiger charge is -2.11. The van der Waals surface area contributed by atoms with E-state index in [-0.39, 0.29) is 11.7 Å². The Labute approximate surface area is 202 Å². The largest absolute Gasteiger partial charge is 0.301 e. The molecule has 0 aliphatic carbocycles. The molecule has 0 bridgehead atoms. The number of anilines is 1. The molecule has 0 radical (unpaired) electrons. The number of halogens is 1. The molecule has 0 aliphatic heterocycles. The number of hydrogen-bond acceptors (Lipinski definition) is 7. The van der Waals surface area contributed by atoms with Crippen LogP contribution in [-0.2, 0) is 4.79 Å². The summed E-state index contributed by atoms with van der Waals surface area (Å²) in [5, 5.41) is 13.3. The second kappa shape index (κ2) is 9.30. The molecule has 0 fully saturated rings. The number of fused-ring (bicyclic) bond motifs is 1. The second-order valence-electron chi connectivity index (χ2n) is 7.16.